The number of nitrogens with zero attached hydrogens (tertiary/aromatic N) is 2. The van der Waals surface area contributed by atoms with Crippen LogP contribution in [0.3, 0.4) is 0 Å². The number of benzene rings is 1. The molecular weight excluding hydrogens is 308 g/mol. The molecule has 0 radical (unpaired) electrons. The maximum atomic E-state index is 4.29. The third kappa shape index (κ3) is 2.22. The highest BCUT2D eigenvalue weighted by atomic mass is 79.9. The van der Waals surface area contributed by atoms with Gasteiger partial charge in [-0.1, -0.05) is 15.9 Å². The van der Waals surface area contributed by atoms with Crippen molar-refractivity contribution in [2.24, 2.45) is 0 Å². The van der Waals surface area contributed by atoms with Gasteiger partial charge in [-0.15, -0.1) is 11.3 Å². The molecule has 0 N–H and O–H groups in total. The van der Waals surface area contributed by atoms with Crippen molar-refractivity contribution in [2.45, 2.75) is 19.9 Å². The van der Waals surface area contributed by atoms with Crippen LogP contribution in [0, 0.1) is 6.92 Å². The lowest BCUT2D eigenvalue weighted by molar-refractivity contribution is 0.726. The predicted molar refractivity (Wildman–Crippen MR) is 80.2 cm³/mol. The van der Waals surface area contributed by atoms with E-state index in [0.717, 1.165) is 17.4 Å². The topological polar surface area (TPSA) is 17.8 Å². The van der Waals surface area contributed by atoms with Crippen LogP contribution in [-0.2, 0) is 13.0 Å². The summed E-state index contributed by atoms with van der Waals surface area (Å²) in [5.41, 5.74) is 4.38. The van der Waals surface area contributed by atoms with E-state index in [4.69, 9.17) is 0 Å². The lowest BCUT2D eigenvalue weighted by Crippen LogP contribution is -1.99. The van der Waals surface area contributed by atoms with Gasteiger partial charge in [0.1, 0.15) is 0 Å². The SMILES string of the molecule is Cc1ncsc1CCn1ccc2cc(Br)ccc21. The van der Waals surface area contributed by atoms with Crippen molar-refractivity contribution >= 4 is 38.2 Å². The third-order valence-electron chi connectivity index (χ3n) is 3.16. The first-order chi connectivity index (χ1) is 8.74. The number of rotatable bonds is 3. The van der Waals surface area contributed by atoms with Gasteiger partial charge < -0.3 is 4.57 Å². The molecule has 2 heterocycles. The van der Waals surface area contributed by atoms with Crippen molar-refractivity contribution in [3.05, 3.63) is 51.0 Å². The Morgan fingerprint density at radius 3 is 3.00 bits per heavy atom. The Kier molecular flexibility index (Phi) is 3.22. The lowest BCUT2D eigenvalue weighted by atomic mass is 10.2. The van der Waals surface area contributed by atoms with Crippen molar-refractivity contribution < 1.29 is 0 Å². The molecule has 0 aliphatic carbocycles. The zero-order valence-corrected chi connectivity index (χ0v) is 12.5. The highest BCUT2D eigenvalue weighted by Gasteiger charge is 2.04. The van der Waals surface area contributed by atoms with Crippen LogP contribution >= 0.6 is 27.3 Å². The summed E-state index contributed by atoms with van der Waals surface area (Å²) in [5.74, 6) is 0. The van der Waals surface area contributed by atoms with E-state index in [2.05, 4.69) is 62.9 Å². The summed E-state index contributed by atoms with van der Waals surface area (Å²) in [6.45, 7) is 3.09. The van der Waals surface area contributed by atoms with Gasteiger partial charge in [-0.3, -0.25) is 0 Å². The number of aryl methyl sites for hydroxylation is 3. The highest BCUT2D eigenvalue weighted by Crippen LogP contribution is 2.22. The van der Waals surface area contributed by atoms with Crippen LogP contribution in [0.25, 0.3) is 10.9 Å². The number of halogens is 1. The molecule has 4 heteroatoms. The molecule has 0 aliphatic heterocycles. The maximum absolute atomic E-state index is 4.29. The molecule has 0 amide bonds. The van der Waals surface area contributed by atoms with Crippen LogP contribution in [0.1, 0.15) is 10.6 Å². The average Bonchev–Trinajstić information content (AvgIpc) is 2.93. The molecule has 2 nitrogen and oxygen atoms in total. The number of aromatic nitrogens is 2. The predicted octanol–water partition coefficient (Wildman–Crippen LogP) is 4.41. The summed E-state index contributed by atoms with van der Waals surface area (Å²) < 4.78 is 3.44. The van der Waals surface area contributed by atoms with Gasteiger partial charge in [0.15, 0.2) is 0 Å². The minimum atomic E-state index is 1.01. The Morgan fingerprint density at radius 2 is 2.22 bits per heavy atom. The van der Waals surface area contributed by atoms with Crippen molar-refractivity contribution in [3.8, 4) is 0 Å². The molecule has 0 spiro atoms. The molecular formula is C14H13BrN2S. The van der Waals surface area contributed by atoms with E-state index in [0.29, 0.717) is 0 Å². The molecule has 18 heavy (non-hydrogen) atoms. The lowest BCUT2D eigenvalue weighted by Gasteiger charge is -2.05. The van der Waals surface area contributed by atoms with Crippen molar-refractivity contribution in [2.75, 3.05) is 0 Å². The van der Waals surface area contributed by atoms with Gasteiger partial charge in [0, 0.05) is 39.4 Å². The third-order valence-corrected chi connectivity index (χ3v) is 4.65. The number of thiazole rings is 1. The summed E-state index contributed by atoms with van der Waals surface area (Å²) in [6, 6.07) is 8.58. The van der Waals surface area contributed by atoms with Gasteiger partial charge in [-0.2, -0.15) is 0 Å². The van der Waals surface area contributed by atoms with Crippen LogP contribution in [-0.4, -0.2) is 9.55 Å². The monoisotopic (exact) mass is 320 g/mol. The zero-order chi connectivity index (χ0) is 12.5. The minimum Gasteiger partial charge on any atom is -0.347 e. The van der Waals surface area contributed by atoms with Gasteiger partial charge >= 0.3 is 0 Å². The molecule has 0 fully saturated rings. The van der Waals surface area contributed by atoms with Gasteiger partial charge in [-0.25, -0.2) is 4.98 Å². The Hall–Kier alpha value is -1.13. The fourth-order valence-corrected chi connectivity index (χ4v) is 3.30. The molecule has 2 aromatic heterocycles. The second-order valence-electron chi connectivity index (χ2n) is 4.32. The molecule has 0 atom stereocenters. The Morgan fingerprint density at radius 1 is 1.33 bits per heavy atom. The number of hydrogen-bond donors (Lipinski definition) is 0. The molecule has 0 bridgehead atoms. The van der Waals surface area contributed by atoms with Crippen LogP contribution in [0.15, 0.2) is 40.4 Å². The molecule has 0 saturated heterocycles. The fraction of sp³-hybridized carbons (Fsp3) is 0.214. The molecule has 3 aromatic rings. The summed E-state index contributed by atoms with van der Waals surface area (Å²) in [6.07, 6.45) is 3.21. The molecule has 0 unspecified atom stereocenters. The van der Waals surface area contributed by atoms with E-state index in [1.54, 1.807) is 11.3 Å². The average molecular weight is 321 g/mol. The van der Waals surface area contributed by atoms with E-state index in [9.17, 15) is 0 Å². The summed E-state index contributed by atoms with van der Waals surface area (Å²) in [5, 5.41) is 1.28. The van der Waals surface area contributed by atoms with Crippen LogP contribution < -0.4 is 0 Å². The van der Waals surface area contributed by atoms with Crippen molar-refractivity contribution in [3.63, 3.8) is 0 Å². The molecule has 1 aromatic carbocycles. The zero-order valence-electron chi connectivity index (χ0n) is 10.1. The van der Waals surface area contributed by atoms with Crippen molar-refractivity contribution in [1.82, 2.24) is 9.55 Å². The van der Waals surface area contributed by atoms with Gasteiger partial charge in [-0.05, 0) is 31.2 Å². The van der Waals surface area contributed by atoms with Crippen molar-refractivity contribution in [1.29, 1.82) is 0 Å². The minimum absolute atomic E-state index is 1.01. The van der Waals surface area contributed by atoms with E-state index >= 15 is 0 Å². The van der Waals surface area contributed by atoms with E-state index in [1.807, 2.05) is 5.51 Å². The van der Waals surface area contributed by atoms with Gasteiger partial charge in [0.25, 0.3) is 0 Å². The Labute approximate surface area is 118 Å². The molecule has 3 rings (SSSR count). The Balaban J connectivity index is 1.85. The van der Waals surface area contributed by atoms with Crippen LogP contribution in [0.2, 0.25) is 0 Å². The second kappa shape index (κ2) is 4.86. The maximum Gasteiger partial charge on any atom is 0.0797 e. The Bertz CT molecular complexity index is 684. The molecule has 0 saturated carbocycles. The van der Waals surface area contributed by atoms with E-state index in [1.165, 1.54) is 21.5 Å². The fourth-order valence-electron chi connectivity index (χ4n) is 2.15. The summed E-state index contributed by atoms with van der Waals surface area (Å²) in [7, 11) is 0. The number of fused-ring (bicyclic) bond motifs is 1. The van der Waals surface area contributed by atoms with E-state index in [-0.39, 0.29) is 0 Å². The second-order valence-corrected chi connectivity index (χ2v) is 6.18. The molecule has 92 valence electrons. The van der Waals surface area contributed by atoms with Crippen LogP contribution in [0.4, 0.5) is 0 Å². The standard InChI is InChI=1S/C14H13BrN2S/c1-10-14(18-9-16-10)5-7-17-6-4-11-8-12(15)2-3-13(11)17/h2-4,6,8-9H,5,7H2,1H3. The first-order valence-electron chi connectivity index (χ1n) is 5.87. The summed E-state index contributed by atoms with van der Waals surface area (Å²) >= 11 is 5.25. The normalized spacial score (nSPS) is 11.2. The smallest absolute Gasteiger partial charge is 0.0797 e. The molecule has 0 aliphatic rings. The van der Waals surface area contributed by atoms with Gasteiger partial charge in [0.2, 0.25) is 0 Å². The first kappa shape index (κ1) is 11.9. The first-order valence-corrected chi connectivity index (χ1v) is 7.54. The quantitative estimate of drug-likeness (QED) is 0.698. The summed E-state index contributed by atoms with van der Waals surface area (Å²) in [4.78, 5) is 5.68. The highest BCUT2D eigenvalue weighted by molar-refractivity contribution is 9.10. The largest absolute Gasteiger partial charge is 0.347 e. The van der Waals surface area contributed by atoms with Gasteiger partial charge in [0.05, 0.1) is 11.2 Å². The number of hydrogen-bond acceptors (Lipinski definition) is 2. The van der Waals surface area contributed by atoms with E-state index < -0.39 is 0 Å². The van der Waals surface area contributed by atoms with Crippen LogP contribution in [0.5, 0.6) is 0 Å².